The van der Waals surface area contributed by atoms with Crippen molar-refractivity contribution >= 4 is 11.9 Å². The molecule has 23 heavy (non-hydrogen) atoms. The molecular formula is C19H25NO3. The molecule has 3 rings (SSSR count). The van der Waals surface area contributed by atoms with Crippen LogP contribution in [0.2, 0.25) is 0 Å². The van der Waals surface area contributed by atoms with Gasteiger partial charge in [0.15, 0.2) is 0 Å². The summed E-state index contributed by atoms with van der Waals surface area (Å²) in [5, 5.41) is 9.10. The Morgan fingerprint density at radius 3 is 2.39 bits per heavy atom. The van der Waals surface area contributed by atoms with E-state index in [1.807, 2.05) is 11.0 Å². The number of amides is 1. The standard InChI is InChI=1S/C19H25NO3/c21-18(16-8-9-17(13-16)19(22)23)20-11-4-7-15(10-12-20)14-5-2-1-3-6-14/h1-3,5-6,15-17H,4,7-13H2,(H,22,23)/t15?,16-,17+/m0/s1. The Morgan fingerprint density at radius 1 is 0.957 bits per heavy atom. The quantitative estimate of drug-likeness (QED) is 0.931. The van der Waals surface area contributed by atoms with E-state index in [1.54, 1.807) is 0 Å². The van der Waals surface area contributed by atoms with Crippen LogP contribution in [-0.4, -0.2) is 35.0 Å². The van der Waals surface area contributed by atoms with Gasteiger partial charge in [-0.1, -0.05) is 30.3 Å². The normalized spacial score (nSPS) is 28.3. The van der Waals surface area contributed by atoms with Crippen molar-refractivity contribution in [3.8, 4) is 0 Å². The van der Waals surface area contributed by atoms with Crippen LogP contribution in [0.5, 0.6) is 0 Å². The number of nitrogens with zero attached hydrogens (tertiary/aromatic N) is 1. The Labute approximate surface area is 137 Å². The summed E-state index contributed by atoms with van der Waals surface area (Å²) in [5.41, 5.74) is 1.37. The average molecular weight is 315 g/mol. The Kier molecular flexibility index (Phi) is 4.99. The molecule has 1 aliphatic carbocycles. The molecule has 0 spiro atoms. The van der Waals surface area contributed by atoms with Crippen LogP contribution in [0.15, 0.2) is 30.3 Å². The third kappa shape index (κ3) is 3.74. The fourth-order valence-corrected chi connectivity index (χ4v) is 4.06. The number of hydrogen-bond acceptors (Lipinski definition) is 2. The zero-order valence-electron chi connectivity index (χ0n) is 13.5. The van der Waals surface area contributed by atoms with Gasteiger partial charge in [0.2, 0.25) is 5.91 Å². The molecule has 1 unspecified atom stereocenters. The van der Waals surface area contributed by atoms with E-state index in [2.05, 4.69) is 24.3 Å². The second kappa shape index (κ2) is 7.16. The van der Waals surface area contributed by atoms with Crippen LogP contribution in [-0.2, 0) is 9.59 Å². The summed E-state index contributed by atoms with van der Waals surface area (Å²) < 4.78 is 0. The van der Waals surface area contributed by atoms with E-state index in [9.17, 15) is 9.59 Å². The lowest BCUT2D eigenvalue weighted by molar-refractivity contribution is -0.141. The monoisotopic (exact) mass is 315 g/mol. The van der Waals surface area contributed by atoms with E-state index in [1.165, 1.54) is 5.56 Å². The van der Waals surface area contributed by atoms with E-state index < -0.39 is 5.97 Å². The molecule has 1 saturated heterocycles. The lowest BCUT2D eigenvalue weighted by Crippen LogP contribution is -2.36. The van der Waals surface area contributed by atoms with Gasteiger partial charge in [0.1, 0.15) is 0 Å². The maximum atomic E-state index is 12.7. The van der Waals surface area contributed by atoms with Gasteiger partial charge in [0.25, 0.3) is 0 Å². The Hall–Kier alpha value is -1.84. The van der Waals surface area contributed by atoms with Crippen LogP contribution in [0.3, 0.4) is 0 Å². The molecule has 3 atom stereocenters. The van der Waals surface area contributed by atoms with E-state index in [-0.39, 0.29) is 17.7 Å². The lowest BCUT2D eigenvalue weighted by atomic mass is 9.92. The number of aliphatic carboxylic acids is 1. The van der Waals surface area contributed by atoms with Gasteiger partial charge < -0.3 is 10.0 Å². The summed E-state index contributed by atoms with van der Waals surface area (Å²) in [7, 11) is 0. The van der Waals surface area contributed by atoms with Gasteiger partial charge in [-0.3, -0.25) is 9.59 Å². The average Bonchev–Trinajstić information content (AvgIpc) is 2.94. The van der Waals surface area contributed by atoms with Crippen LogP contribution in [0.4, 0.5) is 0 Å². The van der Waals surface area contributed by atoms with Gasteiger partial charge >= 0.3 is 5.97 Å². The minimum absolute atomic E-state index is 0.0793. The van der Waals surface area contributed by atoms with Crippen molar-refractivity contribution in [1.29, 1.82) is 0 Å². The van der Waals surface area contributed by atoms with Gasteiger partial charge in [-0.25, -0.2) is 0 Å². The Morgan fingerprint density at radius 2 is 1.70 bits per heavy atom. The number of carbonyl (C=O) groups excluding carboxylic acids is 1. The molecule has 1 aromatic carbocycles. The second-order valence-electron chi connectivity index (χ2n) is 6.91. The van der Waals surface area contributed by atoms with Crippen molar-refractivity contribution in [3.63, 3.8) is 0 Å². The molecule has 1 aliphatic heterocycles. The van der Waals surface area contributed by atoms with Crippen LogP contribution in [0.1, 0.15) is 50.0 Å². The largest absolute Gasteiger partial charge is 0.481 e. The molecule has 1 saturated carbocycles. The number of carboxylic acid groups (broad SMARTS) is 1. The van der Waals surface area contributed by atoms with Crippen molar-refractivity contribution in [2.75, 3.05) is 13.1 Å². The van der Waals surface area contributed by atoms with Gasteiger partial charge in [-0.05, 0) is 50.0 Å². The molecular weight excluding hydrogens is 290 g/mol. The van der Waals surface area contributed by atoms with Gasteiger partial charge in [-0.2, -0.15) is 0 Å². The first kappa shape index (κ1) is 16.0. The number of rotatable bonds is 3. The third-order valence-corrected chi connectivity index (χ3v) is 5.44. The van der Waals surface area contributed by atoms with Gasteiger partial charge in [0.05, 0.1) is 5.92 Å². The van der Waals surface area contributed by atoms with Crippen molar-refractivity contribution in [2.24, 2.45) is 11.8 Å². The number of hydrogen-bond donors (Lipinski definition) is 1. The first-order chi connectivity index (χ1) is 11.1. The zero-order chi connectivity index (χ0) is 16.2. The molecule has 1 amide bonds. The topological polar surface area (TPSA) is 57.6 Å². The molecule has 0 radical (unpaired) electrons. The summed E-state index contributed by atoms with van der Waals surface area (Å²) in [6.07, 6.45) is 5.05. The number of carboxylic acids is 1. The number of benzene rings is 1. The maximum absolute atomic E-state index is 12.7. The van der Waals surface area contributed by atoms with Crippen molar-refractivity contribution < 1.29 is 14.7 Å². The summed E-state index contributed by atoms with van der Waals surface area (Å²) in [5.74, 6) is -0.440. The van der Waals surface area contributed by atoms with Crippen LogP contribution in [0, 0.1) is 11.8 Å². The minimum Gasteiger partial charge on any atom is -0.481 e. The highest BCUT2D eigenvalue weighted by molar-refractivity contribution is 5.81. The highest BCUT2D eigenvalue weighted by atomic mass is 16.4. The Balaban J connectivity index is 1.58. The first-order valence-corrected chi connectivity index (χ1v) is 8.71. The molecule has 4 heteroatoms. The number of likely N-dealkylation sites (tertiary alicyclic amines) is 1. The smallest absolute Gasteiger partial charge is 0.306 e. The molecule has 2 aliphatic rings. The second-order valence-corrected chi connectivity index (χ2v) is 6.91. The van der Waals surface area contributed by atoms with Crippen molar-refractivity contribution in [3.05, 3.63) is 35.9 Å². The zero-order valence-corrected chi connectivity index (χ0v) is 13.5. The Bertz CT molecular complexity index is 557. The maximum Gasteiger partial charge on any atom is 0.306 e. The van der Waals surface area contributed by atoms with Crippen LogP contribution in [0.25, 0.3) is 0 Å². The van der Waals surface area contributed by atoms with E-state index in [4.69, 9.17) is 5.11 Å². The van der Waals surface area contributed by atoms with Crippen molar-refractivity contribution in [1.82, 2.24) is 4.90 Å². The van der Waals surface area contributed by atoms with E-state index in [0.717, 1.165) is 38.8 Å². The highest BCUT2D eigenvalue weighted by Crippen LogP contribution is 2.34. The number of carbonyl (C=O) groups is 2. The van der Waals surface area contributed by atoms with Crippen LogP contribution >= 0.6 is 0 Å². The molecule has 1 N–H and O–H groups in total. The minimum atomic E-state index is -0.750. The lowest BCUT2D eigenvalue weighted by Gasteiger charge is -2.24. The van der Waals surface area contributed by atoms with Crippen LogP contribution < -0.4 is 0 Å². The van der Waals surface area contributed by atoms with Gasteiger partial charge in [-0.15, -0.1) is 0 Å². The van der Waals surface area contributed by atoms with E-state index in [0.29, 0.717) is 18.8 Å². The van der Waals surface area contributed by atoms with Gasteiger partial charge in [0, 0.05) is 19.0 Å². The first-order valence-electron chi connectivity index (χ1n) is 8.71. The van der Waals surface area contributed by atoms with Crippen molar-refractivity contribution in [2.45, 2.75) is 44.4 Å². The summed E-state index contributed by atoms with van der Waals surface area (Å²) >= 11 is 0. The molecule has 2 fully saturated rings. The third-order valence-electron chi connectivity index (χ3n) is 5.44. The predicted octanol–water partition coefficient (Wildman–Crippen LogP) is 3.28. The highest BCUT2D eigenvalue weighted by Gasteiger charge is 2.36. The molecule has 4 nitrogen and oxygen atoms in total. The molecule has 1 aromatic rings. The molecule has 0 bridgehead atoms. The molecule has 124 valence electrons. The fraction of sp³-hybridized carbons (Fsp3) is 0.579. The molecule has 1 heterocycles. The summed E-state index contributed by atoms with van der Waals surface area (Å²) in [6, 6.07) is 10.5. The predicted molar refractivity (Wildman–Crippen MR) is 88.1 cm³/mol. The van der Waals surface area contributed by atoms with E-state index >= 15 is 0 Å². The summed E-state index contributed by atoms with van der Waals surface area (Å²) in [4.78, 5) is 25.8. The fourth-order valence-electron chi connectivity index (χ4n) is 4.06. The SMILES string of the molecule is O=C(O)[C@@H]1CC[C@H](C(=O)N2CCCC(c3ccccc3)CC2)C1. The molecule has 0 aromatic heterocycles. The summed E-state index contributed by atoms with van der Waals surface area (Å²) in [6.45, 7) is 1.61.